The molecule has 1 aliphatic heterocycles. The summed E-state index contributed by atoms with van der Waals surface area (Å²) in [6, 6.07) is 8.50. The van der Waals surface area contributed by atoms with E-state index in [4.69, 9.17) is 4.98 Å². The van der Waals surface area contributed by atoms with E-state index in [9.17, 15) is 5.11 Å². The molecule has 0 saturated carbocycles. The van der Waals surface area contributed by atoms with Gasteiger partial charge in [0.2, 0.25) is 0 Å². The van der Waals surface area contributed by atoms with Crippen LogP contribution < -0.4 is 4.90 Å². The maximum atomic E-state index is 9.79. The number of imidazole rings is 1. The second kappa shape index (κ2) is 4.86. The molecule has 1 atom stereocenters. The molecule has 3 aromatic rings. The standard InChI is InChI=1S/C16H17N3OS/c1-11-8-12-4-2-3-5-13(12)19(9-11)15-14(10-20)18-6-7-21-16(18)17-15/h2-7,11,20H,8-10H2,1H3. The summed E-state index contributed by atoms with van der Waals surface area (Å²) >= 11 is 1.60. The summed E-state index contributed by atoms with van der Waals surface area (Å²) in [6.07, 6.45) is 3.07. The molecule has 2 aromatic heterocycles. The molecule has 21 heavy (non-hydrogen) atoms. The van der Waals surface area contributed by atoms with E-state index in [1.165, 1.54) is 11.3 Å². The minimum Gasteiger partial charge on any atom is -0.390 e. The number of aliphatic hydroxyl groups is 1. The monoisotopic (exact) mass is 299 g/mol. The molecule has 0 fully saturated rings. The van der Waals surface area contributed by atoms with E-state index >= 15 is 0 Å². The highest BCUT2D eigenvalue weighted by Gasteiger charge is 2.27. The lowest BCUT2D eigenvalue weighted by atomic mass is 9.94. The highest BCUT2D eigenvalue weighted by atomic mass is 32.1. The Balaban J connectivity index is 1.90. The van der Waals surface area contributed by atoms with Crippen LogP contribution in [-0.2, 0) is 13.0 Å². The zero-order chi connectivity index (χ0) is 14.4. The second-order valence-electron chi connectivity index (χ2n) is 5.64. The number of hydrogen-bond donors (Lipinski definition) is 1. The summed E-state index contributed by atoms with van der Waals surface area (Å²) in [5, 5.41) is 11.8. The van der Waals surface area contributed by atoms with Crippen LogP contribution in [0.4, 0.5) is 11.5 Å². The lowest BCUT2D eigenvalue weighted by Gasteiger charge is -2.33. The first-order valence-corrected chi connectivity index (χ1v) is 8.06. The molecule has 1 aliphatic rings. The minimum absolute atomic E-state index is 0.000279. The predicted octanol–water partition coefficient (Wildman–Crippen LogP) is 3.22. The van der Waals surface area contributed by atoms with Crippen molar-refractivity contribution >= 4 is 27.8 Å². The van der Waals surface area contributed by atoms with Crippen molar-refractivity contribution in [2.24, 2.45) is 5.92 Å². The molecule has 5 heteroatoms. The summed E-state index contributed by atoms with van der Waals surface area (Å²) in [5.74, 6) is 1.47. The van der Waals surface area contributed by atoms with Crippen LogP contribution in [0.1, 0.15) is 18.2 Å². The van der Waals surface area contributed by atoms with Crippen molar-refractivity contribution in [1.82, 2.24) is 9.38 Å². The van der Waals surface area contributed by atoms with Gasteiger partial charge < -0.3 is 10.0 Å². The van der Waals surface area contributed by atoms with Crippen LogP contribution in [0.25, 0.3) is 4.96 Å². The molecule has 3 heterocycles. The Bertz CT molecular complexity index is 792. The van der Waals surface area contributed by atoms with Crippen molar-refractivity contribution in [3.05, 3.63) is 47.1 Å². The first kappa shape index (κ1) is 12.9. The first-order chi connectivity index (χ1) is 10.3. The largest absolute Gasteiger partial charge is 0.390 e. The fourth-order valence-corrected chi connectivity index (χ4v) is 3.91. The quantitative estimate of drug-likeness (QED) is 0.790. The Morgan fingerprint density at radius 3 is 3.10 bits per heavy atom. The van der Waals surface area contributed by atoms with Gasteiger partial charge in [-0.3, -0.25) is 4.40 Å². The smallest absolute Gasteiger partial charge is 0.195 e. The van der Waals surface area contributed by atoms with E-state index < -0.39 is 0 Å². The average molecular weight is 299 g/mol. The van der Waals surface area contributed by atoms with Gasteiger partial charge in [0, 0.05) is 23.8 Å². The molecular weight excluding hydrogens is 282 g/mol. The highest BCUT2D eigenvalue weighted by molar-refractivity contribution is 7.15. The van der Waals surface area contributed by atoms with Crippen LogP contribution >= 0.6 is 11.3 Å². The summed E-state index contributed by atoms with van der Waals surface area (Å²) in [4.78, 5) is 7.94. The summed E-state index contributed by atoms with van der Waals surface area (Å²) in [7, 11) is 0. The van der Waals surface area contributed by atoms with Crippen molar-refractivity contribution < 1.29 is 5.11 Å². The van der Waals surface area contributed by atoms with Crippen molar-refractivity contribution in [1.29, 1.82) is 0 Å². The Hall–Kier alpha value is -1.85. The van der Waals surface area contributed by atoms with E-state index in [0.29, 0.717) is 5.92 Å². The maximum Gasteiger partial charge on any atom is 0.195 e. The molecule has 0 spiro atoms. The van der Waals surface area contributed by atoms with Gasteiger partial charge in [0.25, 0.3) is 0 Å². The van der Waals surface area contributed by atoms with Gasteiger partial charge in [0.05, 0.1) is 12.3 Å². The fourth-order valence-electron chi connectivity index (χ4n) is 3.18. The van der Waals surface area contributed by atoms with E-state index in [2.05, 4.69) is 36.1 Å². The lowest BCUT2D eigenvalue weighted by molar-refractivity contribution is 0.276. The number of aliphatic hydroxyl groups excluding tert-OH is 1. The minimum atomic E-state index is 0.000279. The van der Waals surface area contributed by atoms with E-state index in [1.54, 1.807) is 11.3 Å². The molecular formula is C16H17N3OS. The zero-order valence-electron chi connectivity index (χ0n) is 11.9. The highest BCUT2D eigenvalue weighted by Crippen LogP contribution is 2.37. The average Bonchev–Trinajstić information content (AvgIpc) is 3.06. The van der Waals surface area contributed by atoms with Gasteiger partial charge in [-0.2, -0.15) is 0 Å². The number of nitrogens with zero attached hydrogens (tertiary/aromatic N) is 3. The van der Waals surface area contributed by atoms with Gasteiger partial charge in [-0.05, 0) is 24.0 Å². The van der Waals surface area contributed by atoms with Crippen LogP contribution in [-0.4, -0.2) is 21.0 Å². The molecule has 0 radical (unpaired) electrons. The van der Waals surface area contributed by atoms with Gasteiger partial charge in [-0.1, -0.05) is 25.1 Å². The van der Waals surface area contributed by atoms with E-state index in [-0.39, 0.29) is 6.61 Å². The van der Waals surface area contributed by atoms with Crippen LogP contribution in [0.15, 0.2) is 35.8 Å². The van der Waals surface area contributed by atoms with Gasteiger partial charge in [-0.25, -0.2) is 4.98 Å². The molecule has 0 bridgehead atoms. The Kier molecular flexibility index (Phi) is 2.97. The molecule has 1 N–H and O–H groups in total. The lowest BCUT2D eigenvalue weighted by Crippen LogP contribution is -2.31. The molecule has 1 unspecified atom stereocenters. The predicted molar refractivity (Wildman–Crippen MR) is 85.3 cm³/mol. The van der Waals surface area contributed by atoms with Crippen LogP contribution in [0.2, 0.25) is 0 Å². The van der Waals surface area contributed by atoms with Crippen LogP contribution in [0, 0.1) is 5.92 Å². The number of aromatic nitrogens is 2. The molecule has 1 aromatic carbocycles. The number of hydrogen-bond acceptors (Lipinski definition) is 4. The topological polar surface area (TPSA) is 40.8 Å². The van der Waals surface area contributed by atoms with Crippen molar-refractivity contribution in [3.8, 4) is 0 Å². The Morgan fingerprint density at radius 2 is 2.24 bits per heavy atom. The molecule has 4 nitrogen and oxygen atoms in total. The van der Waals surface area contributed by atoms with Gasteiger partial charge >= 0.3 is 0 Å². The molecule has 0 amide bonds. The van der Waals surface area contributed by atoms with Gasteiger partial charge in [0.15, 0.2) is 10.8 Å². The normalized spacial score (nSPS) is 18.2. The number of para-hydroxylation sites is 1. The number of rotatable bonds is 2. The number of anilines is 2. The second-order valence-corrected chi connectivity index (χ2v) is 6.52. The summed E-state index contributed by atoms with van der Waals surface area (Å²) in [6.45, 7) is 3.20. The van der Waals surface area contributed by atoms with Crippen LogP contribution in [0.3, 0.4) is 0 Å². The third-order valence-electron chi connectivity index (χ3n) is 4.09. The van der Waals surface area contributed by atoms with E-state index in [1.807, 2.05) is 16.0 Å². The molecule has 4 rings (SSSR count). The number of benzene rings is 1. The van der Waals surface area contributed by atoms with Gasteiger partial charge in [0.1, 0.15) is 0 Å². The van der Waals surface area contributed by atoms with Gasteiger partial charge in [-0.15, -0.1) is 11.3 Å². The third-order valence-corrected chi connectivity index (χ3v) is 4.85. The summed E-state index contributed by atoms with van der Waals surface area (Å²) < 4.78 is 1.99. The molecule has 0 saturated heterocycles. The number of thiazole rings is 1. The van der Waals surface area contributed by atoms with Crippen LogP contribution in [0.5, 0.6) is 0 Å². The zero-order valence-corrected chi connectivity index (χ0v) is 12.7. The molecule has 0 aliphatic carbocycles. The number of fused-ring (bicyclic) bond motifs is 2. The Labute approximate surface area is 127 Å². The van der Waals surface area contributed by atoms with Crippen molar-refractivity contribution in [2.45, 2.75) is 20.0 Å². The molecule has 108 valence electrons. The van der Waals surface area contributed by atoms with E-state index in [0.717, 1.165) is 29.4 Å². The third kappa shape index (κ3) is 1.96. The SMILES string of the molecule is CC1Cc2ccccc2N(c2nc3sccn3c2CO)C1. The van der Waals surface area contributed by atoms with Crippen molar-refractivity contribution in [3.63, 3.8) is 0 Å². The first-order valence-electron chi connectivity index (χ1n) is 7.18. The maximum absolute atomic E-state index is 9.79. The summed E-state index contributed by atoms with van der Waals surface area (Å²) in [5.41, 5.74) is 3.45. The Morgan fingerprint density at radius 1 is 1.38 bits per heavy atom. The van der Waals surface area contributed by atoms with Crippen molar-refractivity contribution in [2.75, 3.05) is 11.4 Å². The fraction of sp³-hybridized carbons (Fsp3) is 0.312.